The summed E-state index contributed by atoms with van der Waals surface area (Å²) in [7, 11) is 0. The summed E-state index contributed by atoms with van der Waals surface area (Å²) >= 11 is 5.71. The van der Waals surface area contributed by atoms with Crippen LogP contribution in [-0.2, 0) is 22.6 Å². The number of carbonyl (C=O) groups is 1. The number of halogens is 1. The van der Waals surface area contributed by atoms with Crippen molar-refractivity contribution in [2.24, 2.45) is 0 Å². The van der Waals surface area contributed by atoms with E-state index in [0.29, 0.717) is 18.0 Å². The molecule has 1 N–H and O–H groups in total. The lowest BCUT2D eigenvalue weighted by molar-refractivity contribution is -0.144. The molecule has 0 aliphatic rings. The predicted octanol–water partition coefficient (Wildman–Crippen LogP) is 3.89. The van der Waals surface area contributed by atoms with E-state index in [2.05, 4.69) is 9.97 Å². The van der Waals surface area contributed by atoms with Gasteiger partial charge in [-0.05, 0) is 24.1 Å². The number of H-pyrrole nitrogens is 1. The first-order valence-corrected chi connectivity index (χ1v) is 7.41. The van der Waals surface area contributed by atoms with E-state index >= 15 is 0 Å². The number of aryl methyl sites for hydroxylation is 1. The van der Waals surface area contributed by atoms with Gasteiger partial charge in [0.2, 0.25) is 0 Å². The van der Waals surface area contributed by atoms with Crippen LogP contribution in [0.3, 0.4) is 0 Å². The van der Waals surface area contributed by atoms with Gasteiger partial charge in [0, 0.05) is 35.3 Å². The number of nitrogens with one attached hydrogen (secondary N) is 1. The highest BCUT2D eigenvalue weighted by Crippen LogP contribution is 2.19. The first kappa shape index (κ1) is 14.6. The lowest BCUT2D eigenvalue weighted by Crippen LogP contribution is -2.06. The van der Waals surface area contributed by atoms with Crippen LogP contribution < -0.4 is 0 Å². The molecule has 0 saturated carbocycles. The molecule has 0 unspecified atom stereocenters. The van der Waals surface area contributed by atoms with Crippen molar-refractivity contribution in [1.29, 1.82) is 0 Å². The van der Waals surface area contributed by atoms with Crippen molar-refractivity contribution in [3.8, 4) is 0 Å². The highest BCUT2D eigenvalue weighted by atomic mass is 35.5. The maximum Gasteiger partial charge on any atom is 0.306 e. The van der Waals surface area contributed by atoms with Gasteiger partial charge < -0.3 is 9.72 Å². The summed E-state index contributed by atoms with van der Waals surface area (Å²) in [4.78, 5) is 19.0. The molecule has 112 valence electrons. The van der Waals surface area contributed by atoms with Crippen LogP contribution in [-0.4, -0.2) is 15.9 Å². The van der Waals surface area contributed by atoms with Crippen LogP contribution in [0.1, 0.15) is 17.5 Å². The lowest BCUT2D eigenvalue weighted by atomic mass is 10.1. The third-order valence-electron chi connectivity index (χ3n) is 3.46. The van der Waals surface area contributed by atoms with Crippen molar-refractivity contribution in [2.45, 2.75) is 19.4 Å². The molecule has 0 bridgehead atoms. The minimum atomic E-state index is -0.222. The maximum absolute atomic E-state index is 11.8. The monoisotopic (exact) mass is 314 g/mol. The second-order valence-corrected chi connectivity index (χ2v) is 5.40. The first-order chi connectivity index (χ1) is 10.7. The molecule has 3 aromatic rings. The van der Waals surface area contributed by atoms with Gasteiger partial charge in [-0.2, -0.15) is 0 Å². The molecule has 0 atom stereocenters. The third-order valence-corrected chi connectivity index (χ3v) is 3.69. The van der Waals surface area contributed by atoms with Gasteiger partial charge in [-0.3, -0.25) is 4.79 Å². The topological polar surface area (TPSA) is 55.0 Å². The molecule has 0 spiro atoms. The molecular weight excluding hydrogens is 300 g/mol. The Labute approximate surface area is 133 Å². The fourth-order valence-electron chi connectivity index (χ4n) is 2.30. The molecule has 2 heterocycles. The Morgan fingerprint density at radius 2 is 2.09 bits per heavy atom. The summed E-state index contributed by atoms with van der Waals surface area (Å²) in [6, 6.07) is 11.5. The average Bonchev–Trinajstić information content (AvgIpc) is 2.96. The van der Waals surface area contributed by atoms with Gasteiger partial charge in [-0.25, -0.2) is 4.98 Å². The number of benzene rings is 1. The minimum Gasteiger partial charge on any atom is -0.461 e. The lowest BCUT2D eigenvalue weighted by Gasteiger charge is -2.04. The van der Waals surface area contributed by atoms with Crippen molar-refractivity contribution in [1.82, 2.24) is 9.97 Å². The SMILES string of the molecule is O=C(CCc1c[nH]c2ccccc12)OCc1ccc(Cl)nc1. The van der Waals surface area contributed by atoms with Gasteiger partial charge >= 0.3 is 5.97 Å². The van der Waals surface area contributed by atoms with Crippen LogP contribution in [0.5, 0.6) is 0 Å². The van der Waals surface area contributed by atoms with E-state index in [1.54, 1.807) is 18.3 Å². The number of fused-ring (bicyclic) bond motifs is 1. The van der Waals surface area contributed by atoms with Crippen molar-refractivity contribution < 1.29 is 9.53 Å². The third kappa shape index (κ3) is 3.46. The predicted molar refractivity (Wildman–Crippen MR) is 85.7 cm³/mol. The van der Waals surface area contributed by atoms with Gasteiger partial charge in [0.1, 0.15) is 11.8 Å². The standard InChI is InChI=1S/C17H15ClN2O2/c18-16-7-5-12(9-20-16)11-22-17(21)8-6-13-10-19-15-4-2-1-3-14(13)15/h1-5,7,9-10,19H,6,8,11H2. The Hall–Kier alpha value is -2.33. The molecule has 0 fully saturated rings. The largest absolute Gasteiger partial charge is 0.461 e. The van der Waals surface area contributed by atoms with Crippen molar-refractivity contribution >= 4 is 28.5 Å². The van der Waals surface area contributed by atoms with E-state index in [1.165, 1.54) is 0 Å². The van der Waals surface area contributed by atoms with Crippen LogP contribution in [0.4, 0.5) is 0 Å². The second-order valence-electron chi connectivity index (χ2n) is 5.01. The molecule has 0 saturated heterocycles. The van der Waals surface area contributed by atoms with Crippen molar-refractivity contribution in [3.63, 3.8) is 0 Å². The Balaban J connectivity index is 1.53. The highest BCUT2D eigenvalue weighted by molar-refractivity contribution is 6.29. The van der Waals surface area contributed by atoms with Crippen LogP contribution in [0.25, 0.3) is 10.9 Å². The number of esters is 1. The summed E-state index contributed by atoms with van der Waals surface area (Å²) in [5.74, 6) is -0.222. The molecule has 1 aromatic carbocycles. The molecule has 0 amide bonds. The van der Waals surface area contributed by atoms with E-state index < -0.39 is 0 Å². The van der Waals surface area contributed by atoms with Gasteiger partial charge in [-0.15, -0.1) is 0 Å². The van der Waals surface area contributed by atoms with E-state index in [-0.39, 0.29) is 12.6 Å². The molecule has 4 nitrogen and oxygen atoms in total. The summed E-state index contributed by atoms with van der Waals surface area (Å²) in [5.41, 5.74) is 3.03. The van der Waals surface area contributed by atoms with E-state index in [4.69, 9.17) is 16.3 Å². The number of carbonyl (C=O) groups excluding carboxylic acids is 1. The zero-order valence-corrected chi connectivity index (χ0v) is 12.6. The average molecular weight is 315 g/mol. The normalized spacial score (nSPS) is 10.8. The number of para-hydroxylation sites is 1. The van der Waals surface area contributed by atoms with Gasteiger partial charge in [0.15, 0.2) is 0 Å². The molecule has 0 radical (unpaired) electrons. The van der Waals surface area contributed by atoms with Crippen LogP contribution in [0.15, 0.2) is 48.8 Å². The van der Waals surface area contributed by atoms with Crippen LogP contribution in [0.2, 0.25) is 5.15 Å². The Morgan fingerprint density at radius 3 is 2.91 bits per heavy atom. The number of hydrogen-bond acceptors (Lipinski definition) is 3. The molecular formula is C17H15ClN2O2. The molecule has 0 aliphatic heterocycles. The molecule has 5 heteroatoms. The van der Waals surface area contributed by atoms with Crippen LogP contribution >= 0.6 is 11.6 Å². The zero-order chi connectivity index (χ0) is 15.4. The Kier molecular flexibility index (Phi) is 4.39. The molecule has 0 aliphatic carbocycles. The number of rotatable bonds is 5. The Morgan fingerprint density at radius 1 is 1.23 bits per heavy atom. The number of hydrogen-bond donors (Lipinski definition) is 1. The van der Waals surface area contributed by atoms with Gasteiger partial charge in [0.05, 0.1) is 0 Å². The van der Waals surface area contributed by atoms with Gasteiger partial charge in [0.25, 0.3) is 0 Å². The van der Waals surface area contributed by atoms with Crippen LogP contribution in [0, 0.1) is 0 Å². The van der Waals surface area contributed by atoms with E-state index in [1.807, 2.05) is 30.5 Å². The molecule has 2 aromatic heterocycles. The number of aromatic amines is 1. The maximum atomic E-state index is 11.8. The smallest absolute Gasteiger partial charge is 0.306 e. The van der Waals surface area contributed by atoms with Crippen molar-refractivity contribution in [2.75, 3.05) is 0 Å². The summed E-state index contributed by atoms with van der Waals surface area (Å²) in [6.45, 7) is 0.219. The fourth-order valence-corrected chi connectivity index (χ4v) is 2.41. The Bertz CT molecular complexity index is 781. The number of nitrogens with zero attached hydrogens (tertiary/aromatic N) is 1. The second kappa shape index (κ2) is 6.62. The molecule has 22 heavy (non-hydrogen) atoms. The number of ether oxygens (including phenoxy) is 1. The van der Waals surface area contributed by atoms with E-state index in [9.17, 15) is 4.79 Å². The van der Waals surface area contributed by atoms with E-state index in [0.717, 1.165) is 22.0 Å². The van der Waals surface area contributed by atoms with Gasteiger partial charge in [-0.1, -0.05) is 35.9 Å². The zero-order valence-electron chi connectivity index (χ0n) is 11.9. The minimum absolute atomic E-state index is 0.219. The quantitative estimate of drug-likeness (QED) is 0.574. The summed E-state index contributed by atoms with van der Waals surface area (Å²) in [6.07, 6.45) is 4.56. The highest BCUT2D eigenvalue weighted by Gasteiger charge is 2.08. The number of pyridine rings is 1. The molecule has 3 rings (SSSR count). The fraction of sp³-hybridized carbons (Fsp3) is 0.176. The first-order valence-electron chi connectivity index (χ1n) is 7.03. The summed E-state index contributed by atoms with van der Waals surface area (Å²) in [5, 5.41) is 1.58. The number of aromatic nitrogens is 2. The van der Waals surface area contributed by atoms with Crippen molar-refractivity contribution in [3.05, 3.63) is 65.1 Å². The summed E-state index contributed by atoms with van der Waals surface area (Å²) < 4.78 is 5.25.